The molecule has 0 amide bonds. The Balaban J connectivity index is 2.50. The van der Waals surface area contributed by atoms with Gasteiger partial charge in [-0.15, -0.1) is 10.2 Å². The summed E-state index contributed by atoms with van der Waals surface area (Å²) in [6.45, 7) is 7.80. The van der Waals surface area contributed by atoms with Gasteiger partial charge in [0.15, 0.2) is 0 Å². The van der Waals surface area contributed by atoms with Crippen LogP contribution >= 0.6 is 0 Å². The molecule has 2 N–H and O–H groups in total. The van der Waals surface area contributed by atoms with Gasteiger partial charge in [0, 0.05) is 12.5 Å². The molecule has 21 heavy (non-hydrogen) atoms. The highest BCUT2D eigenvalue weighted by atomic mass is 32.2. The van der Waals surface area contributed by atoms with Crippen LogP contribution in [-0.4, -0.2) is 23.2 Å². The van der Waals surface area contributed by atoms with Crippen molar-refractivity contribution in [3.05, 3.63) is 40.7 Å². The number of aryl methyl sites for hydroxylation is 2. The lowest BCUT2D eigenvalue weighted by Crippen LogP contribution is -2.20. The maximum absolute atomic E-state index is 11.6. The van der Waals surface area contributed by atoms with Gasteiger partial charge in [0.25, 0.3) is 15.2 Å². The molecule has 0 aliphatic carbocycles. The number of hydrogen-bond acceptors (Lipinski definition) is 4. The van der Waals surface area contributed by atoms with Gasteiger partial charge in [-0.3, -0.25) is 4.57 Å². The van der Waals surface area contributed by atoms with E-state index in [0.29, 0.717) is 12.2 Å². The number of sulfonamides is 1. The van der Waals surface area contributed by atoms with Gasteiger partial charge < -0.3 is 0 Å². The second-order valence-electron chi connectivity index (χ2n) is 5.51. The molecule has 0 fully saturated rings. The molecular weight excluding hydrogens is 288 g/mol. The van der Waals surface area contributed by atoms with Crippen molar-refractivity contribution in [3.63, 3.8) is 0 Å². The van der Waals surface area contributed by atoms with Crippen LogP contribution in [0.2, 0.25) is 0 Å². The van der Waals surface area contributed by atoms with Gasteiger partial charge in [0.05, 0.1) is 0 Å². The van der Waals surface area contributed by atoms with Gasteiger partial charge in [0.1, 0.15) is 5.82 Å². The Bertz CT molecular complexity index is 763. The monoisotopic (exact) mass is 308 g/mol. The lowest BCUT2D eigenvalue weighted by atomic mass is 10.0. The second-order valence-corrected chi connectivity index (χ2v) is 6.97. The Morgan fingerprint density at radius 1 is 1.24 bits per heavy atom. The number of nitrogens with two attached hydrogens (primary N) is 1. The number of aromatic nitrogens is 3. The van der Waals surface area contributed by atoms with E-state index < -0.39 is 10.0 Å². The number of benzene rings is 1. The van der Waals surface area contributed by atoms with Crippen LogP contribution in [0.5, 0.6) is 0 Å². The topological polar surface area (TPSA) is 90.9 Å². The first-order valence-corrected chi connectivity index (χ1v) is 8.27. The van der Waals surface area contributed by atoms with E-state index in [0.717, 1.165) is 16.7 Å². The Morgan fingerprint density at radius 2 is 1.90 bits per heavy atom. The Kier molecular flexibility index (Phi) is 4.15. The molecular formula is C14H20N4O2S. The number of primary sulfonamides is 1. The van der Waals surface area contributed by atoms with E-state index >= 15 is 0 Å². The van der Waals surface area contributed by atoms with E-state index in [9.17, 15) is 8.42 Å². The first kappa shape index (κ1) is 15.7. The quantitative estimate of drug-likeness (QED) is 0.931. The summed E-state index contributed by atoms with van der Waals surface area (Å²) in [5.74, 6) is 0.600. The zero-order chi connectivity index (χ0) is 15.8. The third-order valence-corrected chi connectivity index (χ3v) is 4.15. The van der Waals surface area contributed by atoms with Crippen LogP contribution in [0.3, 0.4) is 0 Å². The van der Waals surface area contributed by atoms with Crippen LogP contribution in [0.15, 0.2) is 23.4 Å². The van der Waals surface area contributed by atoms with Gasteiger partial charge in [-0.2, -0.15) is 0 Å². The average Bonchev–Trinajstić information content (AvgIpc) is 2.77. The molecule has 0 radical (unpaired) electrons. The summed E-state index contributed by atoms with van der Waals surface area (Å²) in [4.78, 5) is 0. The summed E-state index contributed by atoms with van der Waals surface area (Å²) in [6, 6.07) is 6.07. The van der Waals surface area contributed by atoms with Crippen molar-refractivity contribution in [1.82, 2.24) is 14.8 Å². The Hall–Kier alpha value is -1.73. The summed E-state index contributed by atoms with van der Waals surface area (Å²) >= 11 is 0. The molecule has 0 unspecified atom stereocenters. The summed E-state index contributed by atoms with van der Waals surface area (Å²) in [6.07, 6.45) is 0.522. The van der Waals surface area contributed by atoms with E-state index in [2.05, 4.69) is 16.3 Å². The molecule has 2 aromatic rings. The third-order valence-electron chi connectivity index (χ3n) is 3.36. The predicted molar refractivity (Wildman–Crippen MR) is 80.5 cm³/mol. The van der Waals surface area contributed by atoms with Crippen molar-refractivity contribution >= 4 is 10.0 Å². The van der Waals surface area contributed by atoms with E-state index in [-0.39, 0.29) is 11.2 Å². The zero-order valence-corrected chi connectivity index (χ0v) is 13.5. The van der Waals surface area contributed by atoms with E-state index in [1.165, 1.54) is 0 Å². The smallest absolute Gasteiger partial charge is 0.273 e. The lowest BCUT2D eigenvalue weighted by molar-refractivity contribution is 0.507. The van der Waals surface area contributed by atoms with Crippen LogP contribution in [-0.2, 0) is 16.4 Å². The van der Waals surface area contributed by atoms with Crippen molar-refractivity contribution in [2.45, 2.75) is 45.3 Å². The minimum atomic E-state index is -3.88. The van der Waals surface area contributed by atoms with Crippen molar-refractivity contribution in [1.29, 1.82) is 0 Å². The van der Waals surface area contributed by atoms with Crippen molar-refractivity contribution in [2.75, 3.05) is 0 Å². The molecule has 0 saturated heterocycles. The fourth-order valence-corrected chi connectivity index (χ4v) is 3.05. The first-order chi connectivity index (χ1) is 9.70. The minimum absolute atomic E-state index is 0.0894. The van der Waals surface area contributed by atoms with Crippen LogP contribution in [0.1, 0.15) is 42.4 Å². The molecule has 0 saturated carbocycles. The molecule has 2 rings (SSSR count). The van der Waals surface area contributed by atoms with Crippen LogP contribution in [0.4, 0.5) is 0 Å². The van der Waals surface area contributed by atoms with E-state index in [1.807, 2.05) is 39.8 Å². The van der Waals surface area contributed by atoms with Crippen LogP contribution < -0.4 is 5.14 Å². The standard InChI is InChI=1S/C14H20N4O2S/c1-9(2)18-13(16-17-14(18)21(15,19)20)8-12-7-10(3)5-6-11(12)4/h5-7,9H,8H2,1-4H3,(H2,15,19,20). The minimum Gasteiger partial charge on any atom is -0.298 e. The van der Waals surface area contributed by atoms with Crippen molar-refractivity contribution < 1.29 is 8.42 Å². The number of rotatable bonds is 4. The van der Waals surface area contributed by atoms with E-state index in [4.69, 9.17) is 5.14 Å². The van der Waals surface area contributed by atoms with Crippen molar-refractivity contribution in [3.8, 4) is 0 Å². The molecule has 0 bridgehead atoms. The van der Waals surface area contributed by atoms with Gasteiger partial charge in [-0.05, 0) is 38.8 Å². The predicted octanol–water partition coefficient (Wildman–Crippen LogP) is 1.71. The molecule has 1 heterocycles. The maximum atomic E-state index is 11.6. The maximum Gasteiger partial charge on any atom is 0.273 e. The Labute approximate surface area is 125 Å². The van der Waals surface area contributed by atoms with Gasteiger partial charge >= 0.3 is 0 Å². The summed E-state index contributed by atoms with van der Waals surface area (Å²) in [5, 5.41) is 12.8. The summed E-state index contributed by atoms with van der Waals surface area (Å²) in [5.41, 5.74) is 3.39. The Morgan fingerprint density at radius 3 is 2.48 bits per heavy atom. The molecule has 1 aromatic heterocycles. The molecule has 114 valence electrons. The second kappa shape index (κ2) is 5.57. The fourth-order valence-electron chi connectivity index (χ4n) is 2.30. The van der Waals surface area contributed by atoms with Crippen LogP contribution in [0, 0.1) is 13.8 Å². The first-order valence-electron chi connectivity index (χ1n) is 6.73. The molecule has 0 spiro atoms. The molecule has 6 nitrogen and oxygen atoms in total. The third kappa shape index (κ3) is 3.30. The highest BCUT2D eigenvalue weighted by Gasteiger charge is 2.23. The average molecular weight is 308 g/mol. The highest BCUT2D eigenvalue weighted by molar-refractivity contribution is 7.89. The molecule has 0 atom stereocenters. The highest BCUT2D eigenvalue weighted by Crippen LogP contribution is 2.20. The van der Waals surface area contributed by atoms with E-state index in [1.54, 1.807) is 4.57 Å². The number of hydrogen-bond donors (Lipinski definition) is 1. The normalized spacial score (nSPS) is 12.1. The van der Waals surface area contributed by atoms with Crippen molar-refractivity contribution in [2.24, 2.45) is 5.14 Å². The van der Waals surface area contributed by atoms with Gasteiger partial charge in [0.2, 0.25) is 0 Å². The van der Waals surface area contributed by atoms with Gasteiger partial charge in [-0.1, -0.05) is 23.8 Å². The van der Waals surface area contributed by atoms with Crippen LogP contribution in [0.25, 0.3) is 0 Å². The molecule has 0 aliphatic rings. The van der Waals surface area contributed by atoms with Gasteiger partial charge in [-0.25, -0.2) is 13.6 Å². The fraction of sp³-hybridized carbons (Fsp3) is 0.429. The summed E-state index contributed by atoms with van der Waals surface area (Å²) in [7, 11) is -3.88. The SMILES string of the molecule is Cc1ccc(C)c(Cc2nnc(S(N)(=O)=O)n2C(C)C)c1. The largest absolute Gasteiger partial charge is 0.298 e. The lowest BCUT2D eigenvalue weighted by Gasteiger charge is -2.14. The zero-order valence-electron chi connectivity index (χ0n) is 12.7. The summed E-state index contributed by atoms with van der Waals surface area (Å²) < 4.78 is 24.8. The molecule has 7 heteroatoms. The molecule has 1 aromatic carbocycles. The molecule has 0 aliphatic heterocycles. The number of nitrogens with zero attached hydrogens (tertiary/aromatic N) is 3.